The second-order valence-electron chi connectivity index (χ2n) is 25.7. The van der Waals surface area contributed by atoms with Gasteiger partial charge in [-0.25, -0.2) is 0 Å². The molecule has 0 radical (unpaired) electrons. The van der Waals surface area contributed by atoms with Gasteiger partial charge < -0.3 is 0 Å². The maximum Gasteiger partial charge on any atom is 0.240 e. The van der Waals surface area contributed by atoms with E-state index in [1.54, 1.807) is 0 Å². The van der Waals surface area contributed by atoms with Gasteiger partial charge in [-0.15, -0.1) is 0 Å². The maximum absolute atomic E-state index is 2.68. The van der Waals surface area contributed by atoms with Crippen LogP contribution in [-0.2, 0) is 0 Å². The summed E-state index contributed by atoms with van der Waals surface area (Å²) in [6.07, 6.45) is 0. The van der Waals surface area contributed by atoms with Gasteiger partial charge in [0.25, 0.3) is 0 Å². The summed E-state index contributed by atoms with van der Waals surface area (Å²) in [4.78, 5) is 0. The number of hydrogen-bond donors (Lipinski definition) is 0. The topological polar surface area (TPSA) is 0 Å². The molecule has 4 heteroatoms. The minimum absolute atomic E-state index is 0.0233. The van der Waals surface area contributed by atoms with Gasteiger partial charge in [-0.05, 0) is 189 Å². The molecule has 0 saturated carbocycles. The van der Waals surface area contributed by atoms with Crippen molar-refractivity contribution >= 4 is 125 Å². The Labute approximate surface area is 520 Å². The predicted molar refractivity (Wildman–Crippen MR) is 387 cm³/mol. The van der Waals surface area contributed by atoms with Gasteiger partial charge in [0.2, 0.25) is 26.9 Å². The summed E-state index contributed by atoms with van der Waals surface area (Å²) in [7, 11) is 0. The van der Waals surface area contributed by atoms with E-state index >= 15 is 0 Å². The van der Waals surface area contributed by atoms with Crippen molar-refractivity contribution in [3.8, 4) is 44.5 Å². The second kappa shape index (κ2) is 21.1. The van der Waals surface area contributed by atoms with Crippen molar-refractivity contribution in [1.29, 1.82) is 0 Å². The van der Waals surface area contributed by atoms with Crippen molar-refractivity contribution in [2.45, 2.75) is 55.4 Å². The average molecular weight is 1120 g/mol. The molecule has 0 spiro atoms. The van der Waals surface area contributed by atoms with Crippen LogP contribution in [0.3, 0.4) is 0 Å². The number of aryl methyl sites for hydroxylation is 8. The van der Waals surface area contributed by atoms with E-state index < -0.39 is 0 Å². The van der Waals surface area contributed by atoms with Crippen molar-refractivity contribution in [1.82, 2.24) is 0 Å². The Kier molecular flexibility index (Phi) is 12.9. The van der Waals surface area contributed by atoms with Crippen molar-refractivity contribution < 1.29 is 0 Å². The molecule has 0 saturated heterocycles. The SMILES string of the molecule is Cc1cccc(C)c1-c1cc(-c2c(C)cccc2C)c2ccc3c(-c4c(C)cc(B5c6ccccc6B(c6ccccc6)c6cc7c(cc65)B(c5ccccc5)c5ccccc5B7c5ccccc5)cc4C)cc(-c4c(C)cccc4C)c4ccc1c2c43. The van der Waals surface area contributed by atoms with Crippen LogP contribution in [0.4, 0.5) is 0 Å². The van der Waals surface area contributed by atoms with Crippen LogP contribution in [0, 0.1) is 55.4 Å². The fraction of sp³-hybridized carbons (Fsp3) is 0.0952. The second-order valence-corrected chi connectivity index (χ2v) is 25.7. The van der Waals surface area contributed by atoms with Gasteiger partial charge in [0.15, 0.2) is 0 Å². The highest BCUT2D eigenvalue weighted by Gasteiger charge is 2.44. The normalized spacial score (nSPS) is 12.7. The molecule has 2 aliphatic rings. The van der Waals surface area contributed by atoms with E-state index in [2.05, 4.69) is 310 Å². The Bertz CT molecular complexity index is 4980. The third kappa shape index (κ3) is 8.32. The lowest BCUT2D eigenvalue weighted by Gasteiger charge is -2.37. The minimum atomic E-state index is -0.0233. The molecule has 0 atom stereocenters. The van der Waals surface area contributed by atoms with Crippen molar-refractivity contribution in [2.24, 2.45) is 0 Å². The molecule has 0 N–H and O–H groups in total. The summed E-state index contributed by atoms with van der Waals surface area (Å²) in [5.74, 6) is 0. The average Bonchev–Trinajstić information content (AvgIpc) is 0.740. The van der Waals surface area contributed by atoms with Gasteiger partial charge >= 0.3 is 0 Å². The Morgan fingerprint density at radius 2 is 0.420 bits per heavy atom. The molecular weight excluding hydrogens is 1050 g/mol. The monoisotopic (exact) mass is 1120 g/mol. The molecule has 0 aromatic heterocycles. The number of fused-ring (bicyclic) bond motifs is 4. The third-order valence-electron chi connectivity index (χ3n) is 20.5. The molecule has 414 valence electrons. The van der Waals surface area contributed by atoms with E-state index in [4.69, 9.17) is 0 Å². The van der Waals surface area contributed by atoms with E-state index in [0.717, 1.165) is 0 Å². The van der Waals surface area contributed by atoms with E-state index in [0.29, 0.717) is 0 Å². The highest BCUT2D eigenvalue weighted by Crippen LogP contribution is 2.51. The van der Waals surface area contributed by atoms with E-state index in [-0.39, 0.29) is 26.9 Å². The molecule has 88 heavy (non-hydrogen) atoms. The zero-order chi connectivity index (χ0) is 59.6. The zero-order valence-corrected chi connectivity index (χ0v) is 51.6. The van der Waals surface area contributed by atoms with Gasteiger partial charge in [-0.1, -0.05) is 308 Å². The maximum atomic E-state index is 2.68. The first-order chi connectivity index (χ1) is 43.0. The van der Waals surface area contributed by atoms with Crippen molar-refractivity contribution in [2.75, 3.05) is 0 Å². The standard InChI is InChI=1S/C84H66B4/c1-51-25-22-26-52(2)79(51)67-47-68(80-53(3)27-23-28-54(80)4)64-43-44-66-70(48-69(81-55(5)29-24-30-56(81)6)65-42-41-63(67)83(64)84(65)66)82-57(7)45-62(46-58(82)8)88-74-40-21-20-39-73(74)87(61-35-16-11-17-36-61)77-49-75-76(50-78(77)88)86(60-33-14-10-15-34-60)72-38-19-18-37-71(72)85(75)59-31-12-9-13-32-59/h9-50H,1-8H3. The lowest BCUT2D eigenvalue weighted by atomic mass is 9.17. The molecule has 0 nitrogen and oxygen atoms in total. The number of benzene rings is 14. The summed E-state index contributed by atoms with van der Waals surface area (Å²) < 4.78 is 0. The van der Waals surface area contributed by atoms with Crippen LogP contribution in [0.1, 0.15) is 44.5 Å². The van der Waals surface area contributed by atoms with Crippen LogP contribution < -0.4 is 65.6 Å². The first kappa shape index (κ1) is 53.8. The summed E-state index contributed by atoms with van der Waals surface area (Å²) in [5, 5.41) is 7.86. The summed E-state index contributed by atoms with van der Waals surface area (Å²) >= 11 is 0. The molecule has 2 aliphatic heterocycles. The smallest absolute Gasteiger partial charge is 0.0738 e. The third-order valence-corrected chi connectivity index (χ3v) is 20.5. The molecule has 0 unspecified atom stereocenters. The van der Waals surface area contributed by atoms with Gasteiger partial charge in [-0.3, -0.25) is 0 Å². The fourth-order valence-electron chi connectivity index (χ4n) is 16.9. The molecule has 2 heterocycles. The first-order valence-electron chi connectivity index (χ1n) is 31.6. The minimum Gasteiger partial charge on any atom is -0.0738 e. The molecule has 0 fully saturated rings. The summed E-state index contributed by atoms with van der Waals surface area (Å²) in [5.41, 5.74) is 37.2. The lowest BCUT2D eigenvalue weighted by molar-refractivity contribution is 1.37. The van der Waals surface area contributed by atoms with Gasteiger partial charge in [-0.2, -0.15) is 0 Å². The highest BCUT2D eigenvalue weighted by atomic mass is 14.3. The van der Waals surface area contributed by atoms with Gasteiger partial charge in [0.05, 0.1) is 0 Å². The Hall–Kier alpha value is -9.62. The largest absolute Gasteiger partial charge is 0.240 e. The molecular formula is C84H66B4. The van der Waals surface area contributed by atoms with Crippen LogP contribution in [-0.4, -0.2) is 26.9 Å². The van der Waals surface area contributed by atoms with Crippen molar-refractivity contribution in [3.05, 3.63) is 299 Å². The number of hydrogen-bond acceptors (Lipinski definition) is 0. The zero-order valence-electron chi connectivity index (χ0n) is 51.6. The molecule has 0 bridgehead atoms. The first-order valence-corrected chi connectivity index (χ1v) is 31.6. The van der Waals surface area contributed by atoms with E-state index in [1.165, 1.54) is 187 Å². The fourth-order valence-corrected chi connectivity index (χ4v) is 16.9. The Morgan fingerprint density at radius 1 is 0.182 bits per heavy atom. The number of rotatable bonds is 8. The molecule has 0 aliphatic carbocycles. The van der Waals surface area contributed by atoms with E-state index in [9.17, 15) is 0 Å². The van der Waals surface area contributed by atoms with Crippen LogP contribution in [0.25, 0.3) is 76.8 Å². The molecule has 16 rings (SSSR count). The molecule has 0 amide bonds. The predicted octanol–water partition coefficient (Wildman–Crippen LogP) is 12.4. The Morgan fingerprint density at radius 3 is 0.693 bits per heavy atom. The van der Waals surface area contributed by atoms with Crippen LogP contribution in [0.2, 0.25) is 0 Å². The van der Waals surface area contributed by atoms with Gasteiger partial charge in [0.1, 0.15) is 0 Å². The summed E-state index contributed by atoms with van der Waals surface area (Å²) in [6.45, 7) is 18.7. The summed E-state index contributed by atoms with van der Waals surface area (Å²) in [6, 6.07) is 98.3. The van der Waals surface area contributed by atoms with Crippen LogP contribution in [0.15, 0.2) is 255 Å². The van der Waals surface area contributed by atoms with Crippen LogP contribution >= 0.6 is 0 Å². The van der Waals surface area contributed by atoms with Gasteiger partial charge in [0, 0.05) is 0 Å². The quantitative estimate of drug-likeness (QED) is 0.105. The molecule has 14 aromatic rings. The highest BCUT2D eigenvalue weighted by molar-refractivity contribution is 7.14. The van der Waals surface area contributed by atoms with Crippen molar-refractivity contribution in [3.63, 3.8) is 0 Å². The molecule has 14 aromatic carbocycles. The lowest BCUT2D eigenvalue weighted by Crippen LogP contribution is -2.80. The van der Waals surface area contributed by atoms with Crippen LogP contribution in [0.5, 0.6) is 0 Å². The Balaban J connectivity index is 0.972. The van der Waals surface area contributed by atoms with E-state index in [1.807, 2.05) is 0 Å².